The molecule has 2 rings (SSSR count). The van der Waals surface area contributed by atoms with Crippen molar-refractivity contribution in [2.45, 2.75) is 32.2 Å². The molecule has 0 aliphatic carbocycles. The van der Waals surface area contributed by atoms with Gasteiger partial charge in [-0.15, -0.1) is 0 Å². The van der Waals surface area contributed by atoms with Crippen LogP contribution in [0.3, 0.4) is 0 Å². The summed E-state index contributed by atoms with van der Waals surface area (Å²) >= 11 is 0. The number of pyridine rings is 1. The topological polar surface area (TPSA) is 79.3 Å². The van der Waals surface area contributed by atoms with E-state index in [4.69, 9.17) is 0 Å². The van der Waals surface area contributed by atoms with Crippen molar-refractivity contribution in [1.29, 1.82) is 0 Å². The number of amides is 1. The average molecular weight is 312 g/mol. The minimum atomic E-state index is -1.06. The molecule has 1 unspecified atom stereocenters. The summed E-state index contributed by atoms with van der Waals surface area (Å²) in [5, 5.41) is 11.9. The van der Waals surface area contributed by atoms with Gasteiger partial charge in [-0.3, -0.25) is 9.78 Å². The average Bonchev–Trinajstić information content (AvgIpc) is 2.55. The van der Waals surface area contributed by atoms with Gasteiger partial charge in [-0.1, -0.05) is 26.0 Å². The number of carboxylic acids is 1. The molecule has 0 aliphatic rings. The maximum Gasteiger partial charge on any atom is 0.326 e. The van der Waals surface area contributed by atoms with Crippen molar-refractivity contribution in [3.8, 4) is 0 Å². The predicted molar refractivity (Wildman–Crippen MR) is 87.4 cm³/mol. The number of benzene rings is 1. The molecular formula is C18H20N2O3. The summed E-state index contributed by atoms with van der Waals surface area (Å²) in [4.78, 5) is 27.7. The quantitative estimate of drug-likeness (QED) is 0.859. The molecular weight excluding hydrogens is 292 g/mol. The molecule has 0 aliphatic heterocycles. The van der Waals surface area contributed by atoms with Gasteiger partial charge in [-0.25, -0.2) is 4.79 Å². The van der Waals surface area contributed by atoms with Crippen LogP contribution in [0.4, 0.5) is 0 Å². The molecule has 2 N–H and O–H groups in total. The third-order valence-corrected chi connectivity index (χ3v) is 3.61. The van der Waals surface area contributed by atoms with E-state index < -0.39 is 12.0 Å². The Hall–Kier alpha value is -2.69. The van der Waals surface area contributed by atoms with Crippen LogP contribution in [0, 0.1) is 0 Å². The van der Waals surface area contributed by atoms with Crippen molar-refractivity contribution in [2.75, 3.05) is 0 Å². The fourth-order valence-corrected chi connectivity index (χ4v) is 2.24. The maximum absolute atomic E-state index is 12.3. The lowest BCUT2D eigenvalue weighted by Gasteiger charge is -2.15. The lowest BCUT2D eigenvalue weighted by Crippen LogP contribution is -2.42. The number of aromatic nitrogens is 1. The summed E-state index contributed by atoms with van der Waals surface area (Å²) < 4.78 is 0. The van der Waals surface area contributed by atoms with Crippen molar-refractivity contribution in [3.63, 3.8) is 0 Å². The van der Waals surface area contributed by atoms with Crippen LogP contribution in [0.1, 0.15) is 41.3 Å². The number of hydrogen-bond donors (Lipinski definition) is 2. The first-order chi connectivity index (χ1) is 11.0. The molecule has 1 aromatic carbocycles. The molecule has 23 heavy (non-hydrogen) atoms. The van der Waals surface area contributed by atoms with Crippen LogP contribution >= 0.6 is 0 Å². The summed E-state index contributed by atoms with van der Waals surface area (Å²) in [5.41, 5.74) is 2.32. The van der Waals surface area contributed by atoms with Gasteiger partial charge in [0.2, 0.25) is 0 Å². The van der Waals surface area contributed by atoms with Gasteiger partial charge >= 0.3 is 5.97 Å². The van der Waals surface area contributed by atoms with Crippen molar-refractivity contribution in [1.82, 2.24) is 10.3 Å². The molecule has 2 aromatic rings. The van der Waals surface area contributed by atoms with Gasteiger partial charge in [-0.05, 0) is 41.3 Å². The Balaban J connectivity index is 2.12. The van der Waals surface area contributed by atoms with Crippen LogP contribution in [-0.2, 0) is 11.2 Å². The Morgan fingerprint density at radius 1 is 1.17 bits per heavy atom. The number of carboxylic acid groups (broad SMARTS) is 1. The van der Waals surface area contributed by atoms with Crippen LogP contribution < -0.4 is 5.32 Å². The van der Waals surface area contributed by atoms with E-state index >= 15 is 0 Å². The summed E-state index contributed by atoms with van der Waals surface area (Å²) in [7, 11) is 0. The molecule has 1 aromatic heterocycles. The number of aliphatic carboxylic acids is 1. The molecule has 1 atom stereocenters. The number of carbonyl (C=O) groups excluding carboxylic acids is 1. The first-order valence-corrected chi connectivity index (χ1v) is 7.50. The zero-order chi connectivity index (χ0) is 16.8. The highest BCUT2D eigenvalue weighted by molar-refractivity contribution is 5.96. The van der Waals surface area contributed by atoms with Crippen molar-refractivity contribution in [3.05, 3.63) is 65.5 Å². The second-order valence-corrected chi connectivity index (χ2v) is 5.70. The summed E-state index contributed by atoms with van der Waals surface area (Å²) in [6.45, 7) is 4.08. The highest BCUT2D eigenvalue weighted by atomic mass is 16.4. The third kappa shape index (κ3) is 4.64. The Bertz CT molecular complexity index is 684. The molecule has 0 spiro atoms. The van der Waals surface area contributed by atoms with E-state index in [1.165, 1.54) is 0 Å². The molecule has 0 saturated carbocycles. The van der Waals surface area contributed by atoms with E-state index in [9.17, 15) is 14.7 Å². The molecule has 0 bridgehead atoms. The number of nitrogens with zero attached hydrogens (tertiary/aromatic N) is 1. The van der Waals surface area contributed by atoms with Crippen molar-refractivity contribution < 1.29 is 14.7 Å². The fourth-order valence-electron chi connectivity index (χ4n) is 2.24. The normalized spacial score (nSPS) is 12.0. The van der Waals surface area contributed by atoms with Crippen LogP contribution in [0.25, 0.3) is 0 Å². The van der Waals surface area contributed by atoms with Crippen molar-refractivity contribution in [2.24, 2.45) is 0 Å². The van der Waals surface area contributed by atoms with Crippen LogP contribution in [0.2, 0.25) is 0 Å². The Kier molecular flexibility index (Phi) is 5.46. The largest absolute Gasteiger partial charge is 0.480 e. The van der Waals surface area contributed by atoms with E-state index in [1.807, 2.05) is 26.0 Å². The van der Waals surface area contributed by atoms with Gasteiger partial charge in [0, 0.05) is 24.4 Å². The number of hydrogen-bond acceptors (Lipinski definition) is 3. The van der Waals surface area contributed by atoms with Gasteiger partial charge in [0.15, 0.2) is 0 Å². The molecule has 0 saturated heterocycles. The minimum absolute atomic E-state index is 0.216. The lowest BCUT2D eigenvalue weighted by atomic mass is 10.0. The Morgan fingerprint density at radius 2 is 1.87 bits per heavy atom. The second-order valence-electron chi connectivity index (χ2n) is 5.70. The first kappa shape index (κ1) is 16.7. The zero-order valence-corrected chi connectivity index (χ0v) is 13.2. The van der Waals surface area contributed by atoms with Gasteiger partial charge in [-0.2, -0.15) is 0 Å². The second kappa shape index (κ2) is 7.54. The molecule has 0 fully saturated rings. The molecule has 5 heteroatoms. The lowest BCUT2D eigenvalue weighted by molar-refractivity contribution is -0.139. The number of rotatable bonds is 6. The third-order valence-electron chi connectivity index (χ3n) is 3.61. The highest BCUT2D eigenvalue weighted by Gasteiger charge is 2.21. The van der Waals surface area contributed by atoms with E-state index in [-0.39, 0.29) is 12.3 Å². The molecule has 1 amide bonds. The summed E-state index contributed by atoms with van der Waals surface area (Å²) in [5.74, 6) is -1.14. The molecule has 120 valence electrons. The van der Waals surface area contributed by atoms with Crippen LogP contribution in [0.15, 0.2) is 48.8 Å². The van der Waals surface area contributed by atoms with Gasteiger partial charge in [0.05, 0.1) is 0 Å². The van der Waals surface area contributed by atoms with Crippen molar-refractivity contribution >= 4 is 11.9 Å². The summed E-state index contributed by atoms with van der Waals surface area (Å²) in [6.07, 6.45) is 3.41. The predicted octanol–water partition coefficient (Wildman–Crippen LogP) is 2.63. The van der Waals surface area contributed by atoms with Gasteiger partial charge < -0.3 is 10.4 Å². The minimum Gasteiger partial charge on any atom is -0.480 e. The van der Waals surface area contributed by atoms with Crippen LogP contribution in [0.5, 0.6) is 0 Å². The van der Waals surface area contributed by atoms with E-state index in [1.54, 1.807) is 36.7 Å². The SMILES string of the molecule is CC(C)c1cccc(C(=O)NC(Cc2ccncc2)C(=O)O)c1. The first-order valence-electron chi connectivity index (χ1n) is 7.50. The molecule has 1 heterocycles. The van der Waals surface area contributed by atoms with E-state index in [2.05, 4.69) is 10.3 Å². The number of nitrogens with one attached hydrogen (secondary N) is 1. The summed E-state index contributed by atoms with van der Waals surface area (Å²) in [6, 6.07) is 9.74. The van der Waals surface area contributed by atoms with Gasteiger partial charge in [0.25, 0.3) is 5.91 Å². The van der Waals surface area contributed by atoms with Gasteiger partial charge in [0.1, 0.15) is 6.04 Å². The van der Waals surface area contributed by atoms with E-state index in [0.717, 1.165) is 11.1 Å². The zero-order valence-electron chi connectivity index (χ0n) is 13.2. The standard InChI is InChI=1S/C18H20N2O3/c1-12(2)14-4-3-5-15(11-14)17(21)20-16(18(22)23)10-13-6-8-19-9-7-13/h3-9,11-12,16H,10H2,1-2H3,(H,20,21)(H,22,23). The monoisotopic (exact) mass is 312 g/mol. The smallest absolute Gasteiger partial charge is 0.326 e. The Labute approximate surface area is 135 Å². The molecule has 0 radical (unpaired) electrons. The Morgan fingerprint density at radius 3 is 2.48 bits per heavy atom. The highest BCUT2D eigenvalue weighted by Crippen LogP contribution is 2.15. The number of carbonyl (C=O) groups is 2. The molecule has 5 nitrogen and oxygen atoms in total. The maximum atomic E-state index is 12.3. The van der Waals surface area contributed by atoms with Crippen LogP contribution in [-0.4, -0.2) is 28.0 Å². The van der Waals surface area contributed by atoms with E-state index in [0.29, 0.717) is 11.5 Å². The fraction of sp³-hybridized carbons (Fsp3) is 0.278.